The van der Waals surface area contributed by atoms with Crippen LogP contribution in [-0.2, 0) is 14.3 Å². The Labute approximate surface area is 111 Å². The first kappa shape index (κ1) is 14.9. The second kappa shape index (κ2) is 7.30. The molecule has 0 saturated heterocycles. The molecule has 1 unspecified atom stereocenters. The van der Waals surface area contributed by atoms with Gasteiger partial charge in [0.25, 0.3) is 0 Å². The minimum Gasteiger partial charge on any atom is -0.464 e. The largest absolute Gasteiger partial charge is 0.464 e. The summed E-state index contributed by atoms with van der Waals surface area (Å²) in [6.45, 7) is 5.59. The Morgan fingerprint density at radius 2 is 2.00 bits per heavy atom. The molecule has 19 heavy (non-hydrogen) atoms. The Kier molecular flexibility index (Phi) is 5.72. The molecule has 1 atom stereocenters. The highest BCUT2D eigenvalue weighted by Crippen LogP contribution is 2.13. The van der Waals surface area contributed by atoms with Gasteiger partial charge in [-0.3, -0.25) is 0 Å². The summed E-state index contributed by atoms with van der Waals surface area (Å²) in [6, 6.07) is -0.622. The maximum absolute atomic E-state index is 11.7. The lowest BCUT2D eigenvalue weighted by molar-refractivity contribution is -0.143. The lowest BCUT2D eigenvalue weighted by atomic mass is 10.2. The second-order valence-corrected chi connectivity index (χ2v) is 3.62. The fourth-order valence-electron chi connectivity index (χ4n) is 1.33. The number of carbonyl (C=O) groups excluding carboxylic acids is 2. The van der Waals surface area contributed by atoms with Gasteiger partial charge in [0.05, 0.1) is 13.2 Å². The number of hydrogen-bond acceptors (Lipinski definition) is 7. The molecule has 1 heterocycles. The smallest absolute Gasteiger partial charge is 0.343 e. The van der Waals surface area contributed by atoms with Crippen LogP contribution in [0.2, 0.25) is 0 Å². The number of hydrogen-bond donors (Lipinski definition) is 1. The quantitative estimate of drug-likeness (QED) is 0.769. The number of ether oxygens (including phenoxy) is 2. The molecule has 1 aromatic heterocycles. The van der Waals surface area contributed by atoms with E-state index in [1.807, 2.05) is 0 Å². The second-order valence-electron chi connectivity index (χ2n) is 3.62. The van der Waals surface area contributed by atoms with Crippen molar-refractivity contribution in [3.63, 3.8) is 0 Å². The van der Waals surface area contributed by atoms with Gasteiger partial charge in [0, 0.05) is 6.20 Å². The van der Waals surface area contributed by atoms with Crippen molar-refractivity contribution in [2.45, 2.75) is 26.8 Å². The molecule has 104 valence electrons. The van der Waals surface area contributed by atoms with Crippen molar-refractivity contribution in [2.24, 2.45) is 0 Å². The van der Waals surface area contributed by atoms with Crippen LogP contribution in [0.4, 0.5) is 5.82 Å². The van der Waals surface area contributed by atoms with E-state index in [2.05, 4.69) is 15.3 Å². The number of anilines is 1. The van der Waals surface area contributed by atoms with E-state index >= 15 is 0 Å². The molecule has 7 nitrogen and oxygen atoms in total. The highest BCUT2D eigenvalue weighted by Gasteiger charge is 2.19. The Morgan fingerprint density at radius 1 is 1.32 bits per heavy atom. The van der Waals surface area contributed by atoms with E-state index in [0.717, 1.165) is 0 Å². The van der Waals surface area contributed by atoms with Crippen molar-refractivity contribution >= 4 is 17.8 Å². The van der Waals surface area contributed by atoms with Crippen LogP contribution >= 0.6 is 0 Å². The minimum absolute atomic E-state index is 0.181. The van der Waals surface area contributed by atoms with E-state index in [9.17, 15) is 9.59 Å². The lowest BCUT2D eigenvalue weighted by Gasteiger charge is -2.14. The molecule has 1 rings (SSSR count). The van der Waals surface area contributed by atoms with Crippen LogP contribution in [0.3, 0.4) is 0 Å². The zero-order valence-corrected chi connectivity index (χ0v) is 11.2. The molecule has 0 amide bonds. The highest BCUT2D eigenvalue weighted by molar-refractivity contribution is 5.94. The third kappa shape index (κ3) is 4.20. The van der Waals surface area contributed by atoms with Gasteiger partial charge in [-0.05, 0) is 20.8 Å². The van der Waals surface area contributed by atoms with Gasteiger partial charge in [-0.2, -0.15) is 0 Å². The van der Waals surface area contributed by atoms with Crippen LogP contribution in [0.1, 0.15) is 31.1 Å². The molecule has 0 spiro atoms. The van der Waals surface area contributed by atoms with Crippen LogP contribution in [0.25, 0.3) is 0 Å². The van der Waals surface area contributed by atoms with Gasteiger partial charge in [0.2, 0.25) is 0 Å². The minimum atomic E-state index is -0.622. The van der Waals surface area contributed by atoms with Gasteiger partial charge in [-0.1, -0.05) is 0 Å². The Hall–Kier alpha value is -2.18. The standard InChI is InChI=1S/C12H17N3O4/c1-4-18-11(16)8(3)15-10-9(6-13-7-14-10)12(17)19-5-2/h6-8H,4-5H2,1-3H3,(H,13,14,15). The summed E-state index contributed by atoms with van der Waals surface area (Å²) in [6.07, 6.45) is 2.62. The number of esters is 2. The third-order valence-electron chi connectivity index (χ3n) is 2.20. The third-order valence-corrected chi connectivity index (χ3v) is 2.20. The molecule has 0 fully saturated rings. The number of aromatic nitrogens is 2. The predicted molar refractivity (Wildman–Crippen MR) is 67.7 cm³/mol. The molecular formula is C12H17N3O4. The maximum Gasteiger partial charge on any atom is 0.343 e. The van der Waals surface area contributed by atoms with E-state index in [0.29, 0.717) is 6.61 Å². The first-order valence-corrected chi connectivity index (χ1v) is 6.00. The van der Waals surface area contributed by atoms with Gasteiger partial charge >= 0.3 is 11.9 Å². The van der Waals surface area contributed by atoms with Crippen molar-refractivity contribution in [3.8, 4) is 0 Å². The molecule has 1 N–H and O–H groups in total. The first-order chi connectivity index (χ1) is 9.10. The normalized spacial score (nSPS) is 11.5. The SMILES string of the molecule is CCOC(=O)c1cncnc1NC(C)C(=O)OCC. The average molecular weight is 267 g/mol. The van der Waals surface area contributed by atoms with Crippen molar-refractivity contribution in [1.29, 1.82) is 0 Å². The van der Waals surface area contributed by atoms with Crippen LogP contribution in [0, 0.1) is 0 Å². The van der Waals surface area contributed by atoms with E-state index < -0.39 is 18.0 Å². The Morgan fingerprint density at radius 3 is 2.63 bits per heavy atom. The summed E-state index contributed by atoms with van der Waals surface area (Å²) in [7, 11) is 0. The molecule has 0 aliphatic heterocycles. The van der Waals surface area contributed by atoms with Crippen molar-refractivity contribution in [2.75, 3.05) is 18.5 Å². The molecule has 0 aliphatic rings. The van der Waals surface area contributed by atoms with E-state index in [4.69, 9.17) is 9.47 Å². The lowest BCUT2D eigenvalue weighted by Crippen LogP contribution is -2.29. The Bertz CT molecular complexity index is 450. The van der Waals surface area contributed by atoms with Crippen LogP contribution < -0.4 is 5.32 Å². The van der Waals surface area contributed by atoms with Gasteiger partial charge in [-0.15, -0.1) is 0 Å². The van der Waals surface area contributed by atoms with E-state index in [1.54, 1.807) is 20.8 Å². The number of rotatable bonds is 6. The van der Waals surface area contributed by atoms with Gasteiger partial charge in [0.1, 0.15) is 23.8 Å². The molecule has 0 aliphatic carbocycles. The van der Waals surface area contributed by atoms with E-state index in [1.165, 1.54) is 12.5 Å². The molecule has 7 heteroatoms. The first-order valence-electron chi connectivity index (χ1n) is 6.00. The van der Waals surface area contributed by atoms with Crippen molar-refractivity contribution in [1.82, 2.24) is 9.97 Å². The van der Waals surface area contributed by atoms with Gasteiger partial charge in [-0.25, -0.2) is 19.6 Å². The average Bonchev–Trinajstić information content (AvgIpc) is 2.39. The fourth-order valence-corrected chi connectivity index (χ4v) is 1.33. The molecule has 0 saturated carbocycles. The van der Waals surface area contributed by atoms with Gasteiger partial charge in [0.15, 0.2) is 0 Å². The summed E-state index contributed by atoms with van der Waals surface area (Å²) in [5, 5.41) is 2.81. The van der Waals surface area contributed by atoms with Crippen LogP contribution in [0.15, 0.2) is 12.5 Å². The summed E-state index contributed by atoms with van der Waals surface area (Å²) in [5.74, 6) is -0.716. The maximum atomic E-state index is 11.7. The summed E-state index contributed by atoms with van der Waals surface area (Å²) in [5.41, 5.74) is 0.181. The van der Waals surface area contributed by atoms with Crippen molar-refractivity contribution < 1.29 is 19.1 Å². The van der Waals surface area contributed by atoms with Crippen molar-refractivity contribution in [3.05, 3.63) is 18.1 Å². The molecule has 1 aromatic rings. The number of nitrogens with zero attached hydrogens (tertiary/aromatic N) is 2. The number of nitrogens with one attached hydrogen (secondary N) is 1. The monoisotopic (exact) mass is 267 g/mol. The predicted octanol–water partition coefficient (Wildman–Crippen LogP) is 1.02. The zero-order chi connectivity index (χ0) is 14.3. The van der Waals surface area contributed by atoms with E-state index in [-0.39, 0.29) is 18.0 Å². The summed E-state index contributed by atoms with van der Waals surface area (Å²) >= 11 is 0. The molecule has 0 radical (unpaired) electrons. The topological polar surface area (TPSA) is 90.4 Å². The summed E-state index contributed by atoms with van der Waals surface area (Å²) < 4.78 is 9.75. The summed E-state index contributed by atoms with van der Waals surface area (Å²) in [4.78, 5) is 30.9. The van der Waals surface area contributed by atoms with Crippen LogP contribution in [0.5, 0.6) is 0 Å². The zero-order valence-electron chi connectivity index (χ0n) is 11.2. The molecule has 0 aromatic carbocycles. The molecule has 0 bridgehead atoms. The highest BCUT2D eigenvalue weighted by atomic mass is 16.5. The Balaban J connectivity index is 2.83. The number of carbonyl (C=O) groups is 2. The van der Waals surface area contributed by atoms with Gasteiger partial charge < -0.3 is 14.8 Å². The van der Waals surface area contributed by atoms with Crippen LogP contribution in [-0.4, -0.2) is 41.2 Å². The molecular weight excluding hydrogens is 250 g/mol. The fraction of sp³-hybridized carbons (Fsp3) is 0.500.